The zero-order chi connectivity index (χ0) is 17.2. The predicted octanol–water partition coefficient (Wildman–Crippen LogP) is 1.86. The molecule has 3 rings (SSSR count). The van der Waals surface area contributed by atoms with Gasteiger partial charge in [-0.1, -0.05) is 19.9 Å². The van der Waals surface area contributed by atoms with E-state index in [2.05, 4.69) is 20.4 Å². The van der Waals surface area contributed by atoms with Gasteiger partial charge in [0.05, 0.1) is 17.8 Å². The fraction of sp³-hybridized carbons (Fsp3) is 0.824. The molecule has 0 aromatic carbocycles. The molecule has 5 nitrogen and oxygen atoms in total. The van der Waals surface area contributed by atoms with Gasteiger partial charge in [-0.15, -0.1) is 6.58 Å². The van der Waals surface area contributed by atoms with Crippen molar-refractivity contribution in [2.45, 2.75) is 51.6 Å². The van der Waals surface area contributed by atoms with Gasteiger partial charge in [-0.05, 0) is 51.1 Å². The minimum atomic E-state index is -3.53. The summed E-state index contributed by atoms with van der Waals surface area (Å²) in [6.45, 7) is 8.10. The van der Waals surface area contributed by atoms with Gasteiger partial charge in [-0.3, -0.25) is 9.69 Å². The maximum atomic E-state index is 13.1. The Morgan fingerprint density at radius 3 is 2.61 bits per heavy atom. The summed E-state index contributed by atoms with van der Waals surface area (Å²) in [5.74, 6) is 0.379. The van der Waals surface area contributed by atoms with Gasteiger partial charge in [0.2, 0.25) is 10.0 Å². The molecule has 0 N–H and O–H groups in total. The molecule has 1 aliphatic heterocycles. The van der Waals surface area contributed by atoms with Crippen molar-refractivity contribution in [2.24, 2.45) is 16.7 Å². The smallest absolute Gasteiger partial charge is 0.253 e. The van der Waals surface area contributed by atoms with Crippen LogP contribution in [-0.4, -0.2) is 55.5 Å². The third-order valence-electron chi connectivity index (χ3n) is 6.93. The normalized spacial score (nSPS) is 37.9. The quantitative estimate of drug-likeness (QED) is 0.733. The van der Waals surface area contributed by atoms with Gasteiger partial charge in [0.25, 0.3) is 5.91 Å². The molecule has 6 heteroatoms. The highest BCUT2D eigenvalue weighted by atomic mass is 32.2. The van der Waals surface area contributed by atoms with E-state index in [9.17, 15) is 13.2 Å². The summed E-state index contributed by atoms with van der Waals surface area (Å²) in [6, 6.07) is -0.610. The van der Waals surface area contributed by atoms with Crippen LogP contribution in [0.2, 0.25) is 0 Å². The summed E-state index contributed by atoms with van der Waals surface area (Å²) in [4.78, 5) is 14.9. The number of nitrogens with zero attached hydrogens (tertiary/aromatic N) is 2. The number of carbonyl (C=O) groups excluding carboxylic acids is 1. The minimum Gasteiger partial charge on any atom is -0.298 e. The van der Waals surface area contributed by atoms with Crippen LogP contribution in [0.3, 0.4) is 0 Å². The molecule has 2 aliphatic carbocycles. The molecule has 3 fully saturated rings. The van der Waals surface area contributed by atoms with Gasteiger partial charge in [-0.2, -0.15) is 0 Å². The molecule has 23 heavy (non-hydrogen) atoms. The number of likely N-dealkylation sites (N-methyl/N-ethyl adjacent to an activating group) is 1. The Morgan fingerprint density at radius 1 is 1.43 bits per heavy atom. The Kier molecular flexibility index (Phi) is 3.73. The number of fused-ring (bicyclic) bond motifs is 1. The predicted molar refractivity (Wildman–Crippen MR) is 90.3 cm³/mol. The Hall–Kier alpha value is -0.880. The summed E-state index contributed by atoms with van der Waals surface area (Å²) in [5.41, 5.74) is -0.261. The fourth-order valence-corrected chi connectivity index (χ4v) is 7.99. The first kappa shape index (κ1) is 17.0. The Balaban J connectivity index is 2.01. The number of hydrogen-bond donors (Lipinski definition) is 0. The van der Waals surface area contributed by atoms with Crippen molar-refractivity contribution >= 4 is 15.9 Å². The molecule has 1 saturated heterocycles. The van der Waals surface area contributed by atoms with Crippen molar-refractivity contribution in [3.8, 4) is 0 Å². The number of carbonyl (C=O) groups is 1. The van der Waals surface area contributed by atoms with Crippen LogP contribution in [0.1, 0.15) is 39.5 Å². The van der Waals surface area contributed by atoms with Gasteiger partial charge in [-0.25, -0.2) is 12.7 Å². The Labute approximate surface area is 139 Å². The molecule has 130 valence electrons. The van der Waals surface area contributed by atoms with Gasteiger partial charge >= 0.3 is 0 Å². The van der Waals surface area contributed by atoms with Gasteiger partial charge in [0, 0.05) is 5.41 Å². The second-order valence-corrected chi connectivity index (χ2v) is 10.1. The van der Waals surface area contributed by atoms with Crippen molar-refractivity contribution in [3.05, 3.63) is 12.7 Å². The van der Waals surface area contributed by atoms with Crippen molar-refractivity contribution in [1.29, 1.82) is 0 Å². The lowest BCUT2D eigenvalue weighted by molar-refractivity contribution is -0.133. The summed E-state index contributed by atoms with van der Waals surface area (Å²) in [5, 5.41) is 0. The monoisotopic (exact) mass is 340 g/mol. The van der Waals surface area contributed by atoms with Crippen LogP contribution in [0, 0.1) is 16.7 Å². The maximum absolute atomic E-state index is 13.1. The topological polar surface area (TPSA) is 57.7 Å². The number of amides is 1. The van der Waals surface area contributed by atoms with Crippen molar-refractivity contribution < 1.29 is 13.2 Å². The minimum absolute atomic E-state index is 0.00812. The summed E-state index contributed by atoms with van der Waals surface area (Å²) >= 11 is 0. The second kappa shape index (κ2) is 5.06. The van der Waals surface area contributed by atoms with Crippen LogP contribution in [0.4, 0.5) is 0 Å². The highest BCUT2D eigenvalue weighted by Gasteiger charge is 2.72. The molecule has 4 atom stereocenters. The average Bonchev–Trinajstić information content (AvgIpc) is 2.90. The molecule has 1 spiro atoms. The van der Waals surface area contributed by atoms with Crippen LogP contribution in [0.15, 0.2) is 12.7 Å². The first-order valence-electron chi connectivity index (χ1n) is 8.42. The zero-order valence-corrected chi connectivity index (χ0v) is 15.4. The summed E-state index contributed by atoms with van der Waals surface area (Å²) in [6.07, 6.45) is 4.99. The third kappa shape index (κ3) is 2.07. The number of rotatable bonds is 4. The van der Waals surface area contributed by atoms with Crippen LogP contribution < -0.4 is 0 Å². The molecule has 1 heterocycles. The van der Waals surface area contributed by atoms with Crippen LogP contribution >= 0.6 is 0 Å². The molecular weight excluding hydrogens is 312 g/mol. The lowest BCUT2D eigenvalue weighted by Gasteiger charge is -2.37. The fourth-order valence-electron chi connectivity index (χ4n) is 5.42. The zero-order valence-electron chi connectivity index (χ0n) is 14.6. The van der Waals surface area contributed by atoms with Crippen LogP contribution in [0.25, 0.3) is 0 Å². The number of sulfonamides is 1. The standard InChI is InChI=1S/C17H28N2O3S/c1-6-7-13(18(4)5)15(20)19-14-10-12-8-9-17(14,16(12,2)3)11-23(19,21)22/h6,12-14H,1,7-11H2,2-5H3/t12-,13-,14+,17-/m0/s1. The number of hydrogen-bond acceptors (Lipinski definition) is 4. The molecular formula is C17H28N2O3S. The van der Waals surface area contributed by atoms with E-state index in [1.165, 1.54) is 4.31 Å². The van der Waals surface area contributed by atoms with E-state index in [1.54, 1.807) is 11.0 Å². The van der Waals surface area contributed by atoms with Crippen LogP contribution in [0.5, 0.6) is 0 Å². The first-order valence-corrected chi connectivity index (χ1v) is 10.0. The van der Waals surface area contributed by atoms with E-state index in [1.807, 2.05) is 14.1 Å². The van der Waals surface area contributed by atoms with E-state index < -0.39 is 16.1 Å². The van der Waals surface area contributed by atoms with E-state index in [4.69, 9.17) is 0 Å². The van der Waals surface area contributed by atoms with Gasteiger partial charge in [0.1, 0.15) is 0 Å². The van der Waals surface area contributed by atoms with Gasteiger partial charge < -0.3 is 0 Å². The largest absolute Gasteiger partial charge is 0.298 e. The van der Waals surface area contributed by atoms with Crippen molar-refractivity contribution in [1.82, 2.24) is 9.21 Å². The SMILES string of the molecule is C=CC[C@@H](C(=O)N1[C@@H]2C[C@@H]3CC[C@@]2(CS1(=O)=O)C3(C)C)N(C)C. The lowest BCUT2D eigenvalue weighted by Crippen LogP contribution is -2.51. The Morgan fingerprint density at radius 2 is 2.09 bits per heavy atom. The summed E-state index contributed by atoms with van der Waals surface area (Å²) in [7, 11) is 0.0950. The van der Waals surface area contributed by atoms with E-state index >= 15 is 0 Å². The molecule has 0 unspecified atom stereocenters. The molecule has 2 bridgehead atoms. The average molecular weight is 340 g/mol. The molecule has 0 aromatic rings. The maximum Gasteiger partial charge on any atom is 0.253 e. The Bertz CT molecular complexity index is 640. The first-order chi connectivity index (χ1) is 10.6. The molecule has 0 aromatic heterocycles. The van der Waals surface area contributed by atoms with E-state index in [0.29, 0.717) is 12.3 Å². The molecule has 3 aliphatic rings. The van der Waals surface area contributed by atoms with E-state index in [0.717, 1.165) is 19.3 Å². The lowest BCUT2D eigenvalue weighted by atomic mass is 9.69. The molecule has 0 radical (unpaired) electrons. The van der Waals surface area contributed by atoms with Crippen molar-refractivity contribution in [3.63, 3.8) is 0 Å². The molecule has 1 amide bonds. The second-order valence-electron chi connectivity index (χ2n) is 8.26. The van der Waals surface area contributed by atoms with Gasteiger partial charge in [0.15, 0.2) is 0 Å². The highest BCUT2D eigenvalue weighted by Crippen LogP contribution is 2.70. The summed E-state index contributed by atoms with van der Waals surface area (Å²) < 4.78 is 27.0. The van der Waals surface area contributed by atoms with Crippen molar-refractivity contribution in [2.75, 3.05) is 19.8 Å². The molecule has 2 saturated carbocycles. The third-order valence-corrected chi connectivity index (χ3v) is 8.84. The van der Waals surface area contributed by atoms with E-state index in [-0.39, 0.29) is 28.5 Å². The van der Waals surface area contributed by atoms with Crippen LogP contribution in [-0.2, 0) is 14.8 Å². The highest BCUT2D eigenvalue weighted by molar-refractivity contribution is 7.90.